The Kier molecular flexibility index (Phi) is 2.70. The van der Waals surface area contributed by atoms with Crippen molar-refractivity contribution < 1.29 is 10.2 Å². The van der Waals surface area contributed by atoms with Gasteiger partial charge in [-0.05, 0) is 24.5 Å². The van der Waals surface area contributed by atoms with E-state index in [9.17, 15) is 5.11 Å². The maximum atomic E-state index is 9.70. The topological polar surface area (TPSA) is 52.5 Å². The maximum Gasteiger partial charge on any atom is 0.120 e. The highest BCUT2D eigenvalue weighted by atomic mass is 16.3. The molecule has 1 unspecified atom stereocenters. The Morgan fingerprint density at radius 2 is 2.29 bits per heavy atom. The summed E-state index contributed by atoms with van der Waals surface area (Å²) in [5, 5.41) is 21.6. The molecule has 2 rings (SSSR count). The smallest absolute Gasteiger partial charge is 0.120 e. The first-order chi connectivity index (χ1) is 6.83. The number of aromatic hydroxyl groups is 1. The van der Waals surface area contributed by atoms with Gasteiger partial charge in [0.1, 0.15) is 5.75 Å². The number of phenolic OH excluding ortho intramolecular Hbond substituents is 1. The van der Waals surface area contributed by atoms with Crippen molar-refractivity contribution in [3.05, 3.63) is 29.3 Å². The monoisotopic (exact) mass is 193 g/mol. The highest BCUT2D eigenvalue weighted by molar-refractivity contribution is 5.44. The molecule has 3 N–H and O–H groups in total. The minimum atomic E-state index is 0.138. The molecule has 1 aromatic carbocycles. The zero-order valence-corrected chi connectivity index (χ0v) is 8.03. The number of rotatable bonds is 3. The Morgan fingerprint density at radius 3 is 3.07 bits per heavy atom. The zero-order valence-electron chi connectivity index (χ0n) is 8.03. The van der Waals surface area contributed by atoms with Crippen molar-refractivity contribution in [3.63, 3.8) is 0 Å². The van der Waals surface area contributed by atoms with Crippen LogP contribution < -0.4 is 5.32 Å². The molecule has 1 atom stereocenters. The average Bonchev–Trinajstić information content (AvgIpc) is 2.59. The molecule has 14 heavy (non-hydrogen) atoms. The highest BCUT2D eigenvalue weighted by Crippen LogP contribution is 2.36. The van der Waals surface area contributed by atoms with E-state index in [-0.39, 0.29) is 12.6 Å². The average molecular weight is 193 g/mol. The number of aryl methyl sites for hydroxylation is 1. The summed E-state index contributed by atoms with van der Waals surface area (Å²) < 4.78 is 0. The van der Waals surface area contributed by atoms with Gasteiger partial charge in [-0.25, -0.2) is 0 Å². The lowest BCUT2D eigenvalue weighted by Gasteiger charge is -2.13. The van der Waals surface area contributed by atoms with E-state index in [4.69, 9.17) is 5.11 Å². The fraction of sp³-hybridized carbons (Fsp3) is 0.455. The number of benzene rings is 1. The van der Waals surface area contributed by atoms with E-state index < -0.39 is 0 Å². The van der Waals surface area contributed by atoms with Crippen LogP contribution in [0.4, 0.5) is 0 Å². The predicted octanol–water partition coefficient (Wildman–Crippen LogP) is 0.961. The van der Waals surface area contributed by atoms with E-state index in [1.807, 2.05) is 6.07 Å². The lowest BCUT2D eigenvalue weighted by atomic mass is 10.1. The van der Waals surface area contributed by atoms with Crippen LogP contribution in [0, 0.1) is 0 Å². The van der Waals surface area contributed by atoms with Gasteiger partial charge in [0.25, 0.3) is 0 Å². The lowest BCUT2D eigenvalue weighted by molar-refractivity contribution is 0.283. The van der Waals surface area contributed by atoms with Crippen molar-refractivity contribution in [3.8, 4) is 5.75 Å². The van der Waals surface area contributed by atoms with Crippen LogP contribution in [0.5, 0.6) is 5.75 Å². The van der Waals surface area contributed by atoms with Crippen molar-refractivity contribution >= 4 is 0 Å². The van der Waals surface area contributed by atoms with E-state index in [0.29, 0.717) is 12.3 Å². The van der Waals surface area contributed by atoms with E-state index in [0.717, 1.165) is 18.4 Å². The molecule has 0 saturated carbocycles. The third kappa shape index (κ3) is 1.61. The molecule has 3 heteroatoms. The summed E-state index contributed by atoms with van der Waals surface area (Å²) in [5.74, 6) is 0.371. The van der Waals surface area contributed by atoms with Gasteiger partial charge < -0.3 is 15.5 Å². The van der Waals surface area contributed by atoms with Crippen molar-refractivity contribution in [1.29, 1.82) is 0 Å². The first kappa shape index (κ1) is 9.49. The van der Waals surface area contributed by atoms with Gasteiger partial charge in [0, 0.05) is 18.2 Å². The van der Waals surface area contributed by atoms with E-state index >= 15 is 0 Å². The van der Waals surface area contributed by atoms with Gasteiger partial charge in [-0.3, -0.25) is 0 Å². The second-order valence-corrected chi connectivity index (χ2v) is 3.62. The van der Waals surface area contributed by atoms with E-state index in [1.165, 1.54) is 5.56 Å². The molecule has 1 aromatic rings. The van der Waals surface area contributed by atoms with Crippen molar-refractivity contribution in [2.45, 2.75) is 18.9 Å². The Morgan fingerprint density at radius 1 is 1.43 bits per heavy atom. The van der Waals surface area contributed by atoms with Gasteiger partial charge in [0.15, 0.2) is 0 Å². The molecule has 0 bridgehead atoms. The fourth-order valence-electron chi connectivity index (χ4n) is 2.11. The molecule has 1 aliphatic carbocycles. The van der Waals surface area contributed by atoms with Crippen LogP contribution in [0.25, 0.3) is 0 Å². The minimum Gasteiger partial charge on any atom is -0.508 e. The summed E-state index contributed by atoms with van der Waals surface area (Å²) in [4.78, 5) is 0. The molecule has 76 valence electrons. The second kappa shape index (κ2) is 3.98. The molecule has 0 spiro atoms. The van der Waals surface area contributed by atoms with Crippen LogP contribution in [0.3, 0.4) is 0 Å². The van der Waals surface area contributed by atoms with Crippen LogP contribution in [0.15, 0.2) is 18.2 Å². The molecule has 0 aliphatic heterocycles. The zero-order chi connectivity index (χ0) is 9.97. The Balaban J connectivity index is 2.20. The second-order valence-electron chi connectivity index (χ2n) is 3.62. The quantitative estimate of drug-likeness (QED) is 0.670. The first-order valence-electron chi connectivity index (χ1n) is 4.98. The number of hydrogen-bond acceptors (Lipinski definition) is 3. The lowest BCUT2D eigenvalue weighted by Crippen LogP contribution is -2.22. The Bertz CT molecular complexity index is 325. The molecule has 0 fully saturated rings. The predicted molar refractivity (Wildman–Crippen MR) is 54.3 cm³/mol. The number of hydrogen-bond donors (Lipinski definition) is 3. The Labute approximate surface area is 83.4 Å². The standard InChI is InChI=1S/C11H15NO2/c13-7-6-12-9-5-4-8-2-1-3-10(14)11(8)9/h1-3,9,12-14H,4-7H2. The molecule has 1 aliphatic rings. The normalized spacial score (nSPS) is 19.6. The summed E-state index contributed by atoms with van der Waals surface area (Å²) in [5.41, 5.74) is 2.24. The van der Waals surface area contributed by atoms with Crippen molar-refractivity contribution in [2.75, 3.05) is 13.2 Å². The largest absolute Gasteiger partial charge is 0.508 e. The molecule has 0 saturated heterocycles. The fourth-order valence-corrected chi connectivity index (χ4v) is 2.11. The minimum absolute atomic E-state index is 0.138. The summed E-state index contributed by atoms with van der Waals surface area (Å²) in [6.45, 7) is 0.720. The van der Waals surface area contributed by atoms with Gasteiger partial charge in [-0.1, -0.05) is 12.1 Å². The SMILES string of the molecule is OCCNC1CCc2cccc(O)c21. The molecule has 3 nitrogen and oxygen atoms in total. The van der Waals surface area contributed by atoms with Crippen LogP contribution in [-0.4, -0.2) is 23.4 Å². The Hall–Kier alpha value is -1.06. The third-order valence-corrected chi connectivity index (χ3v) is 2.73. The van der Waals surface area contributed by atoms with Crippen LogP contribution in [0.2, 0.25) is 0 Å². The first-order valence-corrected chi connectivity index (χ1v) is 4.98. The number of aliphatic hydroxyl groups is 1. The number of phenols is 1. The van der Waals surface area contributed by atoms with Gasteiger partial charge in [-0.2, -0.15) is 0 Å². The molecule has 0 amide bonds. The summed E-state index contributed by atoms with van der Waals surface area (Å²) in [6, 6.07) is 5.86. The third-order valence-electron chi connectivity index (χ3n) is 2.73. The summed E-state index contributed by atoms with van der Waals surface area (Å²) in [7, 11) is 0. The number of nitrogens with one attached hydrogen (secondary N) is 1. The summed E-state index contributed by atoms with van der Waals surface area (Å²) in [6.07, 6.45) is 2.01. The molecule has 0 radical (unpaired) electrons. The molecular weight excluding hydrogens is 178 g/mol. The van der Waals surface area contributed by atoms with Gasteiger partial charge >= 0.3 is 0 Å². The summed E-state index contributed by atoms with van der Waals surface area (Å²) >= 11 is 0. The molecule has 0 heterocycles. The van der Waals surface area contributed by atoms with E-state index in [2.05, 4.69) is 11.4 Å². The maximum absolute atomic E-state index is 9.70. The van der Waals surface area contributed by atoms with Crippen LogP contribution in [-0.2, 0) is 6.42 Å². The van der Waals surface area contributed by atoms with Crippen LogP contribution in [0.1, 0.15) is 23.6 Å². The van der Waals surface area contributed by atoms with Crippen molar-refractivity contribution in [2.24, 2.45) is 0 Å². The number of fused-ring (bicyclic) bond motifs is 1. The van der Waals surface area contributed by atoms with Crippen molar-refractivity contribution in [1.82, 2.24) is 5.32 Å². The van der Waals surface area contributed by atoms with Gasteiger partial charge in [0.2, 0.25) is 0 Å². The molecule has 0 aromatic heterocycles. The van der Waals surface area contributed by atoms with Gasteiger partial charge in [-0.15, -0.1) is 0 Å². The number of aliphatic hydroxyl groups excluding tert-OH is 1. The molecular formula is C11H15NO2. The van der Waals surface area contributed by atoms with Gasteiger partial charge in [0.05, 0.1) is 6.61 Å². The van der Waals surface area contributed by atoms with E-state index in [1.54, 1.807) is 6.07 Å². The highest BCUT2D eigenvalue weighted by Gasteiger charge is 2.24. The van der Waals surface area contributed by atoms with Crippen LogP contribution >= 0.6 is 0 Å².